The van der Waals surface area contributed by atoms with Crippen LogP contribution >= 0.6 is 12.4 Å². The fraction of sp³-hybridized carbons (Fsp3) is 0.667. The second-order valence-corrected chi connectivity index (χ2v) is 7.84. The van der Waals surface area contributed by atoms with E-state index in [1.807, 2.05) is 35.2 Å². The zero-order chi connectivity index (χ0) is 17.6. The third-order valence-electron chi connectivity index (χ3n) is 5.72. The van der Waals surface area contributed by atoms with Crippen molar-refractivity contribution in [3.63, 3.8) is 0 Å². The van der Waals surface area contributed by atoms with Gasteiger partial charge in [0.1, 0.15) is 0 Å². The maximum atomic E-state index is 12.6. The highest BCUT2D eigenvalue weighted by molar-refractivity contribution is 5.85. The van der Waals surface area contributed by atoms with Gasteiger partial charge >= 0.3 is 0 Å². The van der Waals surface area contributed by atoms with E-state index in [0.29, 0.717) is 18.6 Å². The lowest BCUT2D eigenvalue weighted by Gasteiger charge is -2.36. The molecule has 1 aromatic rings. The Morgan fingerprint density at radius 3 is 2.27 bits per heavy atom. The van der Waals surface area contributed by atoms with E-state index in [4.69, 9.17) is 10.5 Å². The van der Waals surface area contributed by atoms with Crippen molar-refractivity contribution in [3.05, 3.63) is 35.9 Å². The number of nitrogens with zero attached hydrogens (tertiary/aromatic N) is 1. The van der Waals surface area contributed by atoms with E-state index in [1.54, 1.807) is 0 Å². The molecule has 1 aliphatic carbocycles. The molecule has 1 saturated heterocycles. The first kappa shape index (κ1) is 21.2. The van der Waals surface area contributed by atoms with Crippen molar-refractivity contribution in [2.75, 3.05) is 13.1 Å². The third-order valence-corrected chi connectivity index (χ3v) is 5.72. The number of carbonyl (C=O) groups is 1. The van der Waals surface area contributed by atoms with Gasteiger partial charge in [0.2, 0.25) is 5.91 Å². The zero-order valence-corrected chi connectivity index (χ0v) is 16.6. The van der Waals surface area contributed by atoms with Gasteiger partial charge in [0, 0.05) is 13.1 Å². The van der Waals surface area contributed by atoms with E-state index in [2.05, 4.69) is 6.92 Å². The van der Waals surface area contributed by atoms with Gasteiger partial charge in [-0.25, -0.2) is 0 Å². The summed E-state index contributed by atoms with van der Waals surface area (Å²) in [4.78, 5) is 14.5. The molecule has 1 amide bonds. The van der Waals surface area contributed by atoms with Gasteiger partial charge in [-0.1, -0.05) is 37.3 Å². The van der Waals surface area contributed by atoms with Crippen molar-refractivity contribution in [1.29, 1.82) is 0 Å². The predicted molar refractivity (Wildman–Crippen MR) is 107 cm³/mol. The van der Waals surface area contributed by atoms with Crippen molar-refractivity contribution < 1.29 is 9.53 Å². The average Bonchev–Trinajstić information content (AvgIpc) is 2.64. The summed E-state index contributed by atoms with van der Waals surface area (Å²) < 4.78 is 6.30. The highest BCUT2D eigenvalue weighted by Crippen LogP contribution is 2.28. The molecule has 26 heavy (non-hydrogen) atoms. The maximum absolute atomic E-state index is 12.6. The van der Waals surface area contributed by atoms with Crippen LogP contribution in [0.2, 0.25) is 0 Å². The van der Waals surface area contributed by atoms with E-state index in [9.17, 15) is 4.79 Å². The summed E-state index contributed by atoms with van der Waals surface area (Å²) in [6.45, 7) is 3.88. The number of halogens is 1. The van der Waals surface area contributed by atoms with Crippen LogP contribution in [0.3, 0.4) is 0 Å². The van der Waals surface area contributed by atoms with Crippen molar-refractivity contribution in [3.8, 4) is 0 Å². The summed E-state index contributed by atoms with van der Waals surface area (Å²) in [5, 5.41) is 0. The highest BCUT2D eigenvalue weighted by atomic mass is 35.5. The molecule has 1 saturated carbocycles. The van der Waals surface area contributed by atoms with Crippen LogP contribution in [-0.2, 0) is 16.0 Å². The molecule has 2 N–H and O–H groups in total. The lowest BCUT2D eigenvalue weighted by atomic mass is 9.88. The molecule has 0 aromatic heterocycles. The first-order chi connectivity index (χ1) is 12.1. The van der Waals surface area contributed by atoms with Gasteiger partial charge < -0.3 is 15.4 Å². The third kappa shape index (κ3) is 5.97. The van der Waals surface area contributed by atoms with Gasteiger partial charge in [-0.15, -0.1) is 12.4 Å². The Morgan fingerprint density at radius 2 is 1.65 bits per heavy atom. The molecule has 1 heterocycles. The largest absolute Gasteiger partial charge is 0.375 e. The summed E-state index contributed by atoms with van der Waals surface area (Å²) in [7, 11) is 0. The molecular formula is C21H33ClN2O2. The number of nitrogens with two attached hydrogens (primary N) is 1. The predicted octanol–water partition coefficient (Wildman–Crippen LogP) is 3.56. The zero-order valence-electron chi connectivity index (χ0n) is 15.8. The lowest BCUT2D eigenvalue weighted by molar-refractivity contribution is -0.136. The number of hydrogen-bond acceptors (Lipinski definition) is 3. The highest BCUT2D eigenvalue weighted by Gasteiger charge is 2.29. The van der Waals surface area contributed by atoms with Crippen LogP contribution in [0.5, 0.6) is 0 Å². The summed E-state index contributed by atoms with van der Waals surface area (Å²) >= 11 is 0. The van der Waals surface area contributed by atoms with E-state index in [1.165, 1.54) is 25.7 Å². The topological polar surface area (TPSA) is 55.6 Å². The van der Waals surface area contributed by atoms with Crippen LogP contribution in [0.4, 0.5) is 0 Å². The van der Waals surface area contributed by atoms with Gasteiger partial charge in [0.05, 0.1) is 18.2 Å². The van der Waals surface area contributed by atoms with Gasteiger partial charge in [-0.3, -0.25) is 4.79 Å². The normalized spacial score (nSPS) is 25.4. The number of piperidine rings is 1. The molecule has 0 spiro atoms. The number of hydrogen-bond donors (Lipinski definition) is 1. The smallest absolute Gasteiger partial charge is 0.239 e. The van der Waals surface area contributed by atoms with Crippen LogP contribution < -0.4 is 5.73 Å². The molecule has 0 radical (unpaired) electrons. The summed E-state index contributed by atoms with van der Waals surface area (Å²) in [5.74, 6) is 0.930. The van der Waals surface area contributed by atoms with Crippen molar-refractivity contribution in [2.24, 2.45) is 11.7 Å². The molecule has 0 bridgehead atoms. The Hall–Kier alpha value is -1.10. The van der Waals surface area contributed by atoms with Crippen LogP contribution in [0, 0.1) is 5.92 Å². The van der Waals surface area contributed by atoms with Gasteiger partial charge in [0.15, 0.2) is 0 Å². The molecule has 1 atom stereocenters. The fourth-order valence-electron chi connectivity index (χ4n) is 4.04. The fourth-order valence-corrected chi connectivity index (χ4v) is 4.04. The van der Waals surface area contributed by atoms with E-state index >= 15 is 0 Å². The summed E-state index contributed by atoms with van der Waals surface area (Å²) in [6.07, 6.45) is 8.20. The van der Waals surface area contributed by atoms with Crippen LogP contribution in [0.15, 0.2) is 30.3 Å². The SMILES string of the molecule is CC1CCC(OC2CCN(C(=O)[C@@H](N)Cc3ccccc3)CC2)CC1.Cl. The molecule has 1 aliphatic heterocycles. The molecule has 2 fully saturated rings. The summed E-state index contributed by atoms with van der Waals surface area (Å²) in [5.41, 5.74) is 7.27. The average molecular weight is 381 g/mol. The molecule has 0 unspecified atom stereocenters. The van der Waals surface area contributed by atoms with Gasteiger partial charge in [0.25, 0.3) is 0 Å². The van der Waals surface area contributed by atoms with Crippen LogP contribution in [0.25, 0.3) is 0 Å². The standard InChI is InChI=1S/C21H32N2O2.ClH/c1-16-7-9-18(10-8-16)25-19-11-13-23(14-12-19)21(24)20(22)15-17-5-3-2-4-6-17;/h2-6,16,18-20H,7-15,22H2,1H3;1H/t16?,18?,20-;/m0./s1. The van der Waals surface area contributed by atoms with Crippen molar-refractivity contribution >= 4 is 18.3 Å². The Morgan fingerprint density at radius 1 is 1.08 bits per heavy atom. The van der Waals surface area contributed by atoms with Crippen molar-refractivity contribution in [2.45, 2.75) is 70.1 Å². The molecule has 146 valence electrons. The maximum Gasteiger partial charge on any atom is 0.239 e. The minimum Gasteiger partial charge on any atom is -0.375 e. The Labute approximate surface area is 163 Å². The first-order valence-corrected chi connectivity index (χ1v) is 9.85. The Balaban J connectivity index is 0.00000243. The first-order valence-electron chi connectivity index (χ1n) is 9.85. The number of benzene rings is 1. The second kappa shape index (κ2) is 10.3. The number of amides is 1. The number of likely N-dealkylation sites (tertiary alicyclic amines) is 1. The number of carbonyl (C=O) groups excluding carboxylic acids is 1. The quantitative estimate of drug-likeness (QED) is 0.849. The Kier molecular flexibility index (Phi) is 8.39. The monoisotopic (exact) mass is 380 g/mol. The summed E-state index contributed by atoms with van der Waals surface area (Å²) in [6, 6.07) is 9.56. The molecule has 1 aromatic carbocycles. The number of rotatable bonds is 5. The van der Waals surface area contributed by atoms with E-state index in [0.717, 1.165) is 37.4 Å². The minimum absolute atomic E-state index is 0. The van der Waals surface area contributed by atoms with E-state index < -0.39 is 6.04 Å². The van der Waals surface area contributed by atoms with E-state index in [-0.39, 0.29) is 18.3 Å². The van der Waals surface area contributed by atoms with Crippen LogP contribution in [0.1, 0.15) is 51.0 Å². The molecule has 3 rings (SSSR count). The van der Waals surface area contributed by atoms with Crippen molar-refractivity contribution in [1.82, 2.24) is 4.90 Å². The molecule has 2 aliphatic rings. The lowest BCUT2D eigenvalue weighted by Crippen LogP contribution is -2.49. The van der Waals surface area contributed by atoms with Gasteiger partial charge in [-0.2, -0.15) is 0 Å². The minimum atomic E-state index is -0.445. The number of ether oxygens (including phenoxy) is 1. The Bertz CT molecular complexity index is 538. The van der Waals surface area contributed by atoms with Gasteiger partial charge in [-0.05, 0) is 56.4 Å². The molecular weight excluding hydrogens is 348 g/mol. The molecule has 5 heteroatoms. The second-order valence-electron chi connectivity index (χ2n) is 7.84. The molecule has 4 nitrogen and oxygen atoms in total. The van der Waals surface area contributed by atoms with Crippen LogP contribution in [-0.4, -0.2) is 42.1 Å².